The van der Waals surface area contributed by atoms with Crippen LogP contribution < -0.4 is 15.2 Å². The number of nitrogens with two attached hydrogens (primary N) is 1. The van der Waals surface area contributed by atoms with Crippen molar-refractivity contribution in [2.24, 2.45) is 5.73 Å². The van der Waals surface area contributed by atoms with Gasteiger partial charge >= 0.3 is 6.18 Å². The Morgan fingerprint density at radius 3 is 2.27 bits per heavy atom. The molecule has 0 saturated carbocycles. The number of nitrogens with zero attached hydrogens (tertiary/aromatic N) is 2. The predicted octanol–water partition coefficient (Wildman–Crippen LogP) is 3.58. The molecule has 0 spiro atoms. The molecular weight excluding hydrogens is 347 g/mol. The summed E-state index contributed by atoms with van der Waals surface area (Å²) in [4.78, 5) is 7.78. The fraction of sp³-hybridized carbons (Fsp3) is 0.444. The zero-order chi connectivity index (χ0) is 19.4. The maximum absolute atomic E-state index is 12.5. The van der Waals surface area contributed by atoms with Crippen LogP contribution in [-0.2, 0) is 11.6 Å². The molecule has 26 heavy (non-hydrogen) atoms. The lowest BCUT2D eigenvalue weighted by atomic mass is 9.88. The minimum Gasteiger partial charge on any atom is -0.490 e. The van der Waals surface area contributed by atoms with Crippen LogP contribution in [0.1, 0.15) is 31.9 Å². The van der Waals surface area contributed by atoms with Gasteiger partial charge in [-0.05, 0) is 23.1 Å². The van der Waals surface area contributed by atoms with E-state index in [2.05, 4.69) is 30.7 Å². The highest BCUT2D eigenvalue weighted by Gasteiger charge is 2.30. The molecule has 8 heteroatoms. The van der Waals surface area contributed by atoms with Gasteiger partial charge in [-0.3, -0.25) is 4.98 Å². The van der Waals surface area contributed by atoms with E-state index < -0.39 is 17.8 Å². The van der Waals surface area contributed by atoms with Gasteiger partial charge in [0.1, 0.15) is 19.0 Å². The average Bonchev–Trinajstić information content (AvgIpc) is 2.57. The standard InChI is InChI=1S/C18H22F3N3O2/c1-17(2,3)13-6-15(9-23-7-13)25-10-14(22)11-26-16-5-4-12(8-24-16)18(19,20)21/h4-9,14H,10-11,22H2,1-3H3/t14-/m1/s1. The molecule has 0 aromatic carbocycles. The zero-order valence-electron chi connectivity index (χ0n) is 14.9. The molecule has 5 nitrogen and oxygen atoms in total. The Balaban J connectivity index is 1.83. The van der Waals surface area contributed by atoms with Gasteiger partial charge in [0.05, 0.1) is 17.8 Å². The van der Waals surface area contributed by atoms with Crippen LogP contribution in [0.5, 0.6) is 11.6 Å². The Labute approximate surface area is 150 Å². The Bertz CT molecular complexity index is 713. The number of ether oxygens (including phenoxy) is 2. The summed E-state index contributed by atoms with van der Waals surface area (Å²) in [6.45, 7) is 6.46. The molecular formula is C18H22F3N3O2. The molecule has 0 radical (unpaired) electrons. The summed E-state index contributed by atoms with van der Waals surface area (Å²) in [5, 5.41) is 0. The second kappa shape index (κ2) is 7.90. The molecule has 2 heterocycles. The number of hydrogen-bond acceptors (Lipinski definition) is 5. The SMILES string of the molecule is CC(C)(C)c1cncc(OC[C@@H](N)COc2ccc(C(F)(F)F)cn2)c1. The second-order valence-corrected chi connectivity index (χ2v) is 6.92. The van der Waals surface area contributed by atoms with Crippen molar-refractivity contribution in [3.8, 4) is 11.6 Å². The fourth-order valence-corrected chi connectivity index (χ4v) is 1.99. The molecule has 0 bridgehead atoms. The summed E-state index contributed by atoms with van der Waals surface area (Å²) in [6.07, 6.45) is -0.321. The quantitative estimate of drug-likeness (QED) is 0.843. The van der Waals surface area contributed by atoms with Gasteiger partial charge in [0, 0.05) is 18.5 Å². The van der Waals surface area contributed by atoms with E-state index in [1.165, 1.54) is 0 Å². The van der Waals surface area contributed by atoms with E-state index in [1.807, 2.05) is 6.07 Å². The van der Waals surface area contributed by atoms with Crippen molar-refractivity contribution >= 4 is 0 Å². The number of aromatic nitrogens is 2. The molecule has 2 N–H and O–H groups in total. The van der Waals surface area contributed by atoms with Gasteiger partial charge in [-0.1, -0.05) is 20.8 Å². The van der Waals surface area contributed by atoms with E-state index in [0.717, 1.165) is 23.9 Å². The summed E-state index contributed by atoms with van der Waals surface area (Å²) in [5.41, 5.74) is 6.07. The molecule has 0 aliphatic carbocycles. The third-order valence-electron chi connectivity index (χ3n) is 3.55. The number of alkyl halides is 3. The first-order chi connectivity index (χ1) is 12.1. The summed E-state index contributed by atoms with van der Waals surface area (Å²) >= 11 is 0. The minimum atomic E-state index is -4.43. The summed E-state index contributed by atoms with van der Waals surface area (Å²) in [5.74, 6) is 0.672. The Hall–Kier alpha value is -2.35. The molecule has 0 aliphatic heterocycles. The first-order valence-electron chi connectivity index (χ1n) is 8.05. The van der Waals surface area contributed by atoms with Crippen molar-refractivity contribution in [1.82, 2.24) is 9.97 Å². The van der Waals surface area contributed by atoms with Crippen molar-refractivity contribution in [2.45, 2.75) is 38.4 Å². The van der Waals surface area contributed by atoms with E-state index in [0.29, 0.717) is 5.75 Å². The van der Waals surface area contributed by atoms with E-state index in [1.54, 1.807) is 12.4 Å². The van der Waals surface area contributed by atoms with Gasteiger partial charge in [-0.15, -0.1) is 0 Å². The number of halogens is 3. The van der Waals surface area contributed by atoms with E-state index in [9.17, 15) is 13.2 Å². The van der Waals surface area contributed by atoms with Crippen molar-refractivity contribution < 1.29 is 22.6 Å². The molecule has 0 unspecified atom stereocenters. The lowest BCUT2D eigenvalue weighted by molar-refractivity contribution is -0.137. The fourth-order valence-electron chi connectivity index (χ4n) is 1.99. The highest BCUT2D eigenvalue weighted by molar-refractivity contribution is 5.28. The van der Waals surface area contributed by atoms with Crippen molar-refractivity contribution in [1.29, 1.82) is 0 Å². The maximum Gasteiger partial charge on any atom is 0.417 e. The van der Waals surface area contributed by atoms with Gasteiger partial charge in [0.15, 0.2) is 0 Å². The van der Waals surface area contributed by atoms with Gasteiger partial charge < -0.3 is 15.2 Å². The van der Waals surface area contributed by atoms with E-state index >= 15 is 0 Å². The molecule has 2 rings (SSSR count). The van der Waals surface area contributed by atoms with Crippen molar-refractivity contribution in [3.05, 3.63) is 47.9 Å². The van der Waals surface area contributed by atoms with Gasteiger partial charge in [-0.25, -0.2) is 4.98 Å². The van der Waals surface area contributed by atoms with Gasteiger partial charge in [-0.2, -0.15) is 13.2 Å². The molecule has 2 aromatic rings. The van der Waals surface area contributed by atoms with Crippen LogP contribution in [0, 0.1) is 0 Å². The normalized spacial score (nSPS) is 13.3. The number of pyridine rings is 2. The third kappa shape index (κ3) is 5.87. The van der Waals surface area contributed by atoms with Crippen LogP contribution in [0.15, 0.2) is 36.8 Å². The molecule has 0 amide bonds. The molecule has 142 valence electrons. The van der Waals surface area contributed by atoms with Crippen LogP contribution in [0.3, 0.4) is 0 Å². The van der Waals surface area contributed by atoms with Crippen LogP contribution >= 0.6 is 0 Å². The minimum absolute atomic E-state index is 0.0498. The van der Waals surface area contributed by atoms with Gasteiger partial charge in [0.25, 0.3) is 0 Å². The predicted molar refractivity (Wildman–Crippen MR) is 91.1 cm³/mol. The topological polar surface area (TPSA) is 70.3 Å². The smallest absolute Gasteiger partial charge is 0.417 e. The first kappa shape index (κ1) is 20.0. The lowest BCUT2D eigenvalue weighted by Gasteiger charge is -2.19. The van der Waals surface area contributed by atoms with Gasteiger partial charge in [0.2, 0.25) is 5.88 Å². The number of rotatable bonds is 6. The van der Waals surface area contributed by atoms with E-state index in [4.69, 9.17) is 15.2 Å². The summed E-state index contributed by atoms with van der Waals surface area (Å²) in [6, 6.07) is 3.50. The van der Waals surface area contributed by atoms with Crippen molar-refractivity contribution in [2.75, 3.05) is 13.2 Å². The molecule has 0 saturated heterocycles. The monoisotopic (exact) mass is 369 g/mol. The Morgan fingerprint density at radius 1 is 1.00 bits per heavy atom. The Morgan fingerprint density at radius 2 is 1.69 bits per heavy atom. The lowest BCUT2D eigenvalue weighted by Crippen LogP contribution is -2.34. The Kier molecular flexibility index (Phi) is 6.07. The molecule has 2 aromatic heterocycles. The molecule has 1 atom stereocenters. The first-order valence-corrected chi connectivity index (χ1v) is 8.05. The van der Waals surface area contributed by atoms with Crippen molar-refractivity contribution in [3.63, 3.8) is 0 Å². The average molecular weight is 369 g/mol. The van der Waals surface area contributed by atoms with Crippen LogP contribution in [0.2, 0.25) is 0 Å². The molecule has 0 fully saturated rings. The number of hydrogen-bond donors (Lipinski definition) is 1. The largest absolute Gasteiger partial charge is 0.490 e. The highest BCUT2D eigenvalue weighted by Crippen LogP contribution is 2.29. The summed E-state index contributed by atoms with van der Waals surface area (Å²) < 4.78 is 48.3. The van der Waals surface area contributed by atoms with Crippen LogP contribution in [-0.4, -0.2) is 29.2 Å². The van der Waals surface area contributed by atoms with E-state index in [-0.39, 0.29) is 24.5 Å². The maximum atomic E-state index is 12.5. The third-order valence-corrected chi connectivity index (χ3v) is 3.55. The van der Waals surface area contributed by atoms with Crippen LogP contribution in [0.4, 0.5) is 13.2 Å². The molecule has 0 aliphatic rings. The summed E-state index contributed by atoms with van der Waals surface area (Å²) in [7, 11) is 0. The zero-order valence-corrected chi connectivity index (χ0v) is 14.9. The second-order valence-electron chi connectivity index (χ2n) is 6.92. The van der Waals surface area contributed by atoms with Crippen LogP contribution in [0.25, 0.3) is 0 Å². The highest BCUT2D eigenvalue weighted by atomic mass is 19.4.